The van der Waals surface area contributed by atoms with Crippen molar-refractivity contribution in [2.24, 2.45) is 0 Å². The zero-order valence-electron chi connectivity index (χ0n) is 18.1. The van der Waals surface area contributed by atoms with Gasteiger partial charge in [-0.05, 0) is 73.2 Å². The Hall–Kier alpha value is -3.55. The molecule has 0 heterocycles. The minimum atomic E-state index is -0.558. The Kier molecular flexibility index (Phi) is 9.31. The van der Waals surface area contributed by atoms with E-state index in [2.05, 4.69) is 10.6 Å². The molecule has 9 heteroatoms. The topological polar surface area (TPSA) is 93.7 Å². The van der Waals surface area contributed by atoms with Gasteiger partial charge in [-0.2, -0.15) is 0 Å². The Bertz CT molecular complexity index is 1130. The molecule has 2 amide bonds. The first-order chi connectivity index (χ1) is 16.4. The number of hydrogen-bond donors (Lipinski definition) is 2. The van der Waals surface area contributed by atoms with E-state index in [9.17, 15) is 14.4 Å². The molecule has 176 valence electrons. The summed E-state index contributed by atoms with van der Waals surface area (Å²) in [6.45, 7) is -0.415. The lowest BCUT2D eigenvalue weighted by molar-refractivity contribution is -0.147. The molecule has 0 aliphatic heterocycles. The fourth-order valence-electron chi connectivity index (χ4n) is 2.84. The van der Waals surface area contributed by atoms with Crippen molar-refractivity contribution in [3.8, 4) is 11.5 Å². The van der Waals surface area contributed by atoms with Crippen LogP contribution in [0, 0.1) is 0 Å². The zero-order valence-corrected chi connectivity index (χ0v) is 19.6. The maximum absolute atomic E-state index is 12.1. The summed E-state index contributed by atoms with van der Waals surface area (Å²) in [6, 6.07) is 20.5. The number of rotatable bonds is 10. The number of nitrogens with one attached hydrogen (secondary N) is 2. The van der Waals surface area contributed by atoms with Crippen LogP contribution in [0.2, 0.25) is 10.0 Å². The summed E-state index contributed by atoms with van der Waals surface area (Å²) in [5.41, 5.74) is 1.11. The number of hydrogen-bond acceptors (Lipinski definition) is 5. The van der Waals surface area contributed by atoms with Crippen molar-refractivity contribution in [2.45, 2.75) is 19.3 Å². The largest absolute Gasteiger partial charge is 0.457 e. The van der Waals surface area contributed by atoms with Gasteiger partial charge in [-0.3, -0.25) is 14.4 Å². The monoisotopic (exact) mass is 500 g/mol. The SMILES string of the molecule is O=C(CCCC(=O)OCC(=O)Nc1cccc(Cl)c1)Nc1ccc(Oc2ccc(Cl)cc2)cc1. The molecule has 3 aromatic rings. The van der Waals surface area contributed by atoms with Crippen LogP contribution < -0.4 is 15.4 Å². The van der Waals surface area contributed by atoms with E-state index >= 15 is 0 Å². The predicted octanol–water partition coefficient (Wildman–Crippen LogP) is 6.08. The van der Waals surface area contributed by atoms with Crippen LogP contribution >= 0.6 is 23.2 Å². The van der Waals surface area contributed by atoms with E-state index in [1.54, 1.807) is 72.8 Å². The van der Waals surface area contributed by atoms with Gasteiger partial charge in [-0.25, -0.2) is 0 Å². The van der Waals surface area contributed by atoms with E-state index in [-0.39, 0.29) is 18.7 Å². The van der Waals surface area contributed by atoms with E-state index in [0.717, 1.165) is 0 Å². The highest BCUT2D eigenvalue weighted by Crippen LogP contribution is 2.24. The molecule has 0 saturated heterocycles. The van der Waals surface area contributed by atoms with Gasteiger partial charge in [-0.1, -0.05) is 29.3 Å². The molecule has 2 N–H and O–H groups in total. The Labute approximate surface area is 207 Å². The first kappa shape index (κ1) is 25.1. The molecule has 0 aliphatic carbocycles. The summed E-state index contributed by atoms with van der Waals surface area (Å²) >= 11 is 11.7. The number of anilines is 2. The highest BCUT2D eigenvalue weighted by molar-refractivity contribution is 6.31. The van der Waals surface area contributed by atoms with Gasteiger partial charge < -0.3 is 20.1 Å². The third-order valence-electron chi connectivity index (χ3n) is 4.44. The lowest BCUT2D eigenvalue weighted by Crippen LogP contribution is -2.21. The highest BCUT2D eigenvalue weighted by atomic mass is 35.5. The van der Waals surface area contributed by atoms with Gasteiger partial charge in [-0.15, -0.1) is 0 Å². The summed E-state index contributed by atoms with van der Waals surface area (Å²) in [5.74, 6) is -0.00931. The minimum Gasteiger partial charge on any atom is -0.457 e. The first-order valence-corrected chi connectivity index (χ1v) is 11.2. The van der Waals surface area contributed by atoms with Crippen LogP contribution in [0.4, 0.5) is 11.4 Å². The second-order valence-electron chi connectivity index (χ2n) is 7.20. The maximum atomic E-state index is 12.1. The fraction of sp³-hybridized carbons (Fsp3) is 0.160. The van der Waals surface area contributed by atoms with Crippen LogP contribution in [0.5, 0.6) is 11.5 Å². The Morgan fingerprint density at radius 1 is 0.706 bits per heavy atom. The van der Waals surface area contributed by atoms with Crippen molar-refractivity contribution in [1.82, 2.24) is 0 Å². The number of amides is 2. The van der Waals surface area contributed by atoms with Crippen molar-refractivity contribution in [3.63, 3.8) is 0 Å². The summed E-state index contributed by atoms with van der Waals surface area (Å²) in [7, 11) is 0. The average Bonchev–Trinajstić information content (AvgIpc) is 2.80. The summed E-state index contributed by atoms with van der Waals surface area (Å²) in [6.07, 6.45) is 0.441. The van der Waals surface area contributed by atoms with Crippen molar-refractivity contribution >= 4 is 52.4 Å². The molecule has 34 heavy (non-hydrogen) atoms. The summed E-state index contributed by atoms with van der Waals surface area (Å²) in [4.78, 5) is 35.8. The van der Waals surface area contributed by atoms with Crippen LogP contribution in [0.3, 0.4) is 0 Å². The van der Waals surface area contributed by atoms with Gasteiger partial charge in [0.15, 0.2) is 6.61 Å². The Morgan fingerprint density at radius 3 is 2.03 bits per heavy atom. The number of carbonyl (C=O) groups is 3. The molecule has 0 bridgehead atoms. The molecule has 0 aliphatic rings. The van der Waals surface area contributed by atoms with Gasteiger partial charge in [0, 0.05) is 34.3 Å². The molecule has 0 radical (unpaired) electrons. The maximum Gasteiger partial charge on any atom is 0.306 e. The fourth-order valence-corrected chi connectivity index (χ4v) is 3.16. The third-order valence-corrected chi connectivity index (χ3v) is 4.93. The van der Waals surface area contributed by atoms with E-state index in [4.69, 9.17) is 32.7 Å². The minimum absolute atomic E-state index is 0.0196. The van der Waals surface area contributed by atoms with Crippen molar-refractivity contribution in [2.75, 3.05) is 17.2 Å². The lowest BCUT2D eigenvalue weighted by atomic mass is 10.2. The average molecular weight is 501 g/mol. The Balaban J connectivity index is 1.32. The molecule has 3 aromatic carbocycles. The third kappa shape index (κ3) is 8.77. The number of esters is 1. The van der Waals surface area contributed by atoms with Gasteiger partial charge in [0.2, 0.25) is 5.91 Å². The second-order valence-corrected chi connectivity index (χ2v) is 8.07. The van der Waals surface area contributed by atoms with Gasteiger partial charge >= 0.3 is 5.97 Å². The van der Waals surface area contributed by atoms with Crippen molar-refractivity contribution in [3.05, 3.63) is 82.8 Å². The molecule has 0 saturated carbocycles. The number of ether oxygens (including phenoxy) is 2. The second kappa shape index (κ2) is 12.6. The van der Waals surface area contributed by atoms with Crippen molar-refractivity contribution < 1.29 is 23.9 Å². The van der Waals surface area contributed by atoms with E-state index < -0.39 is 18.5 Å². The van der Waals surface area contributed by atoms with Crippen LogP contribution in [0.25, 0.3) is 0 Å². The molecule has 0 atom stereocenters. The zero-order chi connectivity index (χ0) is 24.3. The van der Waals surface area contributed by atoms with Crippen LogP contribution in [-0.2, 0) is 19.1 Å². The Morgan fingerprint density at radius 2 is 1.35 bits per heavy atom. The van der Waals surface area contributed by atoms with Crippen LogP contribution in [-0.4, -0.2) is 24.4 Å². The highest BCUT2D eigenvalue weighted by Gasteiger charge is 2.10. The van der Waals surface area contributed by atoms with E-state index in [1.165, 1.54) is 0 Å². The first-order valence-electron chi connectivity index (χ1n) is 10.4. The van der Waals surface area contributed by atoms with Crippen LogP contribution in [0.1, 0.15) is 19.3 Å². The van der Waals surface area contributed by atoms with E-state index in [1.807, 2.05) is 0 Å². The number of halogens is 2. The lowest BCUT2D eigenvalue weighted by Gasteiger charge is -2.09. The molecule has 0 aromatic heterocycles. The van der Waals surface area contributed by atoms with Crippen molar-refractivity contribution in [1.29, 1.82) is 0 Å². The number of carbonyl (C=O) groups excluding carboxylic acids is 3. The quantitative estimate of drug-likeness (QED) is 0.329. The smallest absolute Gasteiger partial charge is 0.306 e. The van der Waals surface area contributed by atoms with Gasteiger partial charge in [0.25, 0.3) is 5.91 Å². The molecule has 7 nitrogen and oxygen atoms in total. The summed E-state index contributed by atoms with van der Waals surface area (Å²) < 4.78 is 10.6. The van der Waals surface area contributed by atoms with E-state index in [0.29, 0.717) is 39.3 Å². The molecule has 0 unspecified atom stereocenters. The normalized spacial score (nSPS) is 10.3. The molecule has 0 spiro atoms. The number of benzene rings is 3. The summed E-state index contributed by atoms with van der Waals surface area (Å²) in [5, 5.41) is 6.44. The van der Waals surface area contributed by atoms with Crippen LogP contribution in [0.15, 0.2) is 72.8 Å². The van der Waals surface area contributed by atoms with Gasteiger partial charge in [0.05, 0.1) is 0 Å². The molecule has 0 fully saturated rings. The molecular formula is C25H22Cl2N2O5. The predicted molar refractivity (Wildman–Crippen MR) is 131 cm³/mol. The molecule has 3 rings (SSSR count). The molecular weight excluding hydrogens is 479 g/mol. The van der Waals surface area contributed by atoms with Gasteiger partial charge in [0.1, 0.15) is 11.5 Å². The standard InChI is InChI=1S/C25H22Cl2N2O5/c26-17-7-11-21(12-8-17)34-22-13-9-19(10-14-22)28-23(30)5-2-6-25(32)33-16-24(31)29-20-4-1-3-18(27)15-20/h1,3-4,7-15H,2,5-6,16H2,(H,28,30)(H,29,31).